The van der Waals surface area contributed by atoms with Crippen LogP contribution in [0, 0.1) is 17.8 Å². The molecule has 7 atom stereocenters. The van der Waals surface area contributed by atoms with Crippen LogP contribution in [0.3, 0.4) is 0 Å². The molecule has 3 heterocycles. The predicted molar refractivity (Wildman–Crippen MR) is 102 cm³/mol. The highest BCUT2D eigenvalue weighted by molar-refractivity contribution is 5.99. The minimum atomic E-state index is -1.05. The molecule has 0 aromatic rings. The summed E-state index contributed by atoms with van der Waals surface area (Å²) in [4.78, 5) is 41.1. The van der Waals surface area contributed by atoms with Crippen molar-refractivity contribution in [2.45, 2.75) is 76.8 Å². The average molecular weight is 396 g/mol. The zero-order chi connectivity index (χ0) is 21.0. The first-order chi connectivity index (χ1) is 13.1. The maximum Gasteiger partial charge on any atom is 0.246 e. The number of hydrogen-bond acceptors (Lipinski definition) is 5. The molecule has 3 aliphatic rings. The topological polar surface area (TPSA) is 108 Å². The lowest BCUT2D eigenvalue weighted by atomic mass is 9.62. The number of rotatable bonds is 6. The van der Waals surface area contributed by atoms with Crippen LogP contribution in [0.5, 0.6) is 0 Å². The molecule has 8 heteroatoms. The van der Waals surface area contributed by atoms with Gasteiger partial charge in [-0.3, -0.25) is 14.4 Å². The maximum atomic E-state index is 13.6. The standard InChI is InChI=1S/C20H33N3O5/c1-7-12(9-24)23-15(17(26)22-10(2)3)20-8-11(4)19(5,28-20)13(16(25)21-6)14(20)18(23)27/h10-15,24H,7-9H2,1-6H3,(H,21,25)(H,22,26)/t11?,12-,13+,14-,15?,19-,20?/m0/s1. The van der Waals surface area contributed by atoms with Gasteiger partial charge in [0.15, 0.2) is 0 Å². The van der Waals surface area contributed by atoms with Crippen molar-refractivity contribution in [3.05, 3.63) is 0 Å². The minimum Gasteiger partial charge on any atom is -0.394 e. The van der Waals surface area contributed by atoms with E-state index in [-0.39, 0.29) is 36.3 Å². The number of carbonyl (C=O) groups is 3. The van der Waals surface area contributed by atoms with E-state index in [0.717, 1.165) is 0 Å². The van der Waals surface area contributed by atoms with Gasteiger partial charge >= 0.3 is 0 Å². The van der Waals surface area contributed by atoms with E-state index in [1.165, 1.54) is 4.90 Å². The molecule has 3 fully saturated rings. The second-order valence-corrected chi connectivity index (χ2v) is 8.97. The number of hydrogen-bond donors (Lipinski definition) is 3. The summed E-state index contributed by atoms with van der Waals surface area (Å²) in [5.41, 5.74) is -1.85. The molecule has 3 N–H and O–H groups in total. The van der Waals surface area contributed by atoms with Crippen molar-refractivity contribution in [2.75, 3.05) is 13.7 Å². The second kappa shape index (κ2) is 6.99. The van der Waals surface area contributed by atoms with Crippen LogP contribution in [0.1, 0.15) is 47.5 Å². The van der Waals surface area contributed by atoms with Crippen molar-refractivity contribution in [1.29, 1.82) is 0 Å². The maximum absolute atomic E-state index is 13.6. The Kier molecular flexibility index (Phi) is 5.25. The monoisotopic (exact) mass is 395 g/mol. The van der Waals surface area contributed by atoms with E-state index in [9.17, 15) is 19.5 Å². The number of nitrogens with one attached hydrogen (secondary N) is 2. The van der Waals surface area contributed by atoms with E-state index in [0.29, 0.717) is 12.8 Å². The molecular formula is C20H33N3O5. The van der Waals surface area contributed by atoms with Crippen LogP contribution in [0.4, 0.5) is 0 Å². The number of aliphatic hydroxyl groups excluding tert-OH is 1. The highest BCUT2D eigenvalue weighted by Gasteiger charge is 2.80. The summed E-state index contributed by atoms with van der Waals surface area (Å²) in [5, 5.41) is 15.5. The summed E-state index contributed by atoms with van der Waals surface area (Å²) in [6.45, 7) is 9.24. The van der Waals surface area contributed by atoms with Crippen molar-refractivity contribution in [3.63, 3.8) is 0 Å². The summed E-state index contributed by atoms with van der Waals surface area (Å²) < 4.78 is 6.51. The summed E-state index contributed by atoms with van der Waals surface area (Å²) in [6.07, 6.45) is 1.04. The van der Waals surface area contributed by atoms with Crippen LogP contribution >= 0.6 is 0 Å². The van der Waals surface area contributed by atoms with Gasteiger partial charge in [-0.2, -0.15) is 0 Å². The quantitative estimate of drug-likeness (QED) is 0.589. The van der Waals surface area contributed by atoms with Crippen molar-refractivity contribution in [3.8, 4) is 0 Å². The Morgan fingerprint density at radius 1 is 1.36 bits per heavy atom. The number of carbonyl (C=O) groups excluding carboxylic acids is 3. The van der Waals surface area contributed by atoms with Gasteiger partial charge in [-0.15, -0.1) is 0 Å². The summed E-state index contributed by atoms with van der Waals surface area (Å²) in [7, 11) is 1.55. The van der Waals surface area contributed by atoms with Gasteiger partial charge in [0.25, 0.3) is 0 Å². The number of amides is 3. The largest absolute Gasteiger partial charge is 0.394 e. The molecule has 2 bridgehead atoms. The van der Waals surface area contributed by atoms with Gasteiger partial charge < -0.3 is 25.4 Å². The van der Waals surface area contributed by atoms with Gasteiger partial charge in [0.2, 0.25) is 17.7 Å². The Balaban J connectivity index is 2.15. The van der Waals surface area contributed by atoms with E-state index in [1.807, 2.05) is 34.6 Å². The zero-order valence-electron chi connectivity index (χ0n) is 17.6. The molecule has 8 nitrogen and oxygen atoms in total. The van der Waals surface area contributed by atoms with Crippen molar-refractivity contribution < 1.29 is 24.2 Å². The zero-order valence-corrected chi connectivity index (χ0v) is 17.6. The van der Waals surface area contributed by atoms with Crippen LogP contribution in [0.25, 0.3) is 0 Å². The third-order valence-corrected chi connectivity index (χ3v) is 7.04. The van der Waals surface area contributed by atoms with Gasteiger partial charge in [-0.25, -0.2) is 0 Å². The first-order valence-electron chi connectivity index (χ1n) is 10.2. The summed E-state index contributed by atoms with van der Waals surface area (Å²) in [5.74, 6) is -2.17. The second-order valence-electron chi connectivity index (χ2n) is 8.97. The molecule has 3 aliphatic heterocycles. The van der Waals surface area contributed by atoms with Crippen LogP contribution in [-0.2, 0) is 19.1 Å². The van der Waals surface area contributed by atoms with Crippen LogP contribution in [-0.4, -0.2) is 70.7 Å². The minimum absolute atomic E-state index is 0.0161. The fourth-order valence-electron chi connectivity index (χ4n) is 5.70. The molecule has 1 spiro atoms. The molecule has 158 valence electrons. The first kappa shape index (κ1) is 21.0. The fraction of sp³-hybridized carbons (Fsp3) is 0.850. The molecule has 3 unspecified atom stereocenters. The third kappa shape index (κ3) is 2.60. The number of nitrogens with zero attached hydrogens (tertiary/aromatic N) is 1. The highest BCUT2D eigenvalue weighted by Crippen LogP contribution is 2.65. The molecule has 0 aliphatic carbocycles. The lowest BCUT2D eigenvalue weighted by Crippen LogP contribution is -2.58. The lowest BCUT2D eigenvalue weighted by Gasteiger charge is -2.37. The highest BCUT2D eigenvalue weighted by atomic mass is 16.5. The fourth-order valence-corrected chi connectivity index (χ4v) is 5.70. The van der Waals surface area contributed by atoms with Gasteiger partial charge in [0, 0.05) is 13.1 Å². The number of ether oxygens (including phenoxy) is 1. The molecular weight excluding hydrogens is 362 g/mol. The van der Waals surface area contributed by atoms with E-state index in [1.54, 1.807) is 7.05 Å². The molecule has 28 heavy (non-hydrogen) atoms. The van der Waals surface area contributed by atoms with E-state index >= 15 is 0 Å². The Hall–Kier alpha value is -1.67. The number of likely N-dealkylation sites (tertiary alicyclic amines) is 1. The van der Waals surface area contributed by atoms with E-state index in [2.05, 4.69) is 10.6 Å². The van der Waals surface area contributed by atoms with Crippen LogP contribution < -0.4 is 10.6 Å². The van der Waals surface area contributed by atoms with Gasteiger partial charge in [-0.1, -0.05) is 13.8 Å². The number of fused-ring (bicyclic) bond motifs is 1. The molecule has 3 rings (SSSR count). The van der Waals surface area contributed by atoms with Gasteiger partial charge in [0.05, 0.1) is 30.1 Å². The summed E-state index contributed by atoms with van der Waals surface area (Å²) >= 11 is 0. The Labute approximate surface area is 166 Å². The number of aliphatic hydroxyl groups is 1. The van der Waals surface area contributed by atoms with Gasteiger partial charge in [0.1, 0.15) is 11.6 Å². The van der Waals surface area contributed by atoms with Gasteiger partial charge in [-0.05, 0) is 39.5 Å². The summed E-state index contributed by atoms with van der Waals surface area (Å²) in [6, 6.07) is -1.45. The Morgan fingerprint density at radius 2 is 2.00 bits per heavy atom. The third-order valence-electron chi connectivity index (χ3n) is 7.04. The normalized spacial score (nSPS) is 40.0. The van der Waals surface area contributed by atoms with Crippen molar-refractivity contribution >= 4 is 17.7 Å². The Morgan fingerprint density at radius 3 is 2.50 bits per heavy atom. The van der Waals surface area contributed by atoms with Crippen molar-refractivity contribution in [2.24, 2.45) is 17.8 Å². The first-order valence-corrected chi connectivity index (χ1v) is 10.2. The predicted octanol–water partition coefficient (Wildman–Crippen LogP) is 0.0386. The SMILES string of the molecule is CC[C@@H](CO)N1C(=O)[C@@H]2[C@H](C(=O)NC)[C@@]3(C)OC2(CC3C)C1C(=O)NC(C)C. The van der Waals surface area contributed by atoms with Crippen LogP contribution in [0.2, 0.25) is 0 Å². The Bertz CT molecular complexity index is 679. The average Bonchev–Trinajstić information content (AvgIpc) is 3.13. The molecule has 3 amide bonds. The van der Waals surface area contributed by atoms with E-state index < -0.39 is 35.1 Å². The van der Waals surface area contributed by atoms with E-state index in [4.69, 9.17) is 4.74 Å². The molecule has 0 saturated carbocycles. The van der Waals surface area contributed by atoms with Crippen LogP contribution in [0.15, 0.2) is 0 Å². The molecule has 3 saturated heterocycles. The molecule has 0 aromatic heterocycles. The van der Waals surface area contributed by atoms with Crippen molar-refractivity contribution in [1.82, 2.24) is 15.5 Å². The molecule has 0 radical (unpaired) electrons. The molecule has 0 aromatic carbocycles. The lowest BCUT2D eigenvalue weighted by molar-refractivity contribution is -0.151. The smallest absolute Gasteiger partial charge is 0.246 e.